The van der Waals surface area contributed by atoms with E-state index in [9.17, 15) is 9.59 Å². The molecule has 0 fully saturated rings. The zero-order valence-electron chi connectivity index (χ0n) is 5.59. The van der Waals surface area contributed by atoms with Crippen molar-refractivity contribution < 1.29 is 9.59 Å². The first-order valence-electron chi connectivity index (χ1n) is 2.85. The molecule has 0 unspecified atom stereocenters. The van der Waals surface area contributed by atoms with Gasteiger partial charge in [0.15, 0.2) is 5.78 Å². The lowest BCUT2D eigenvalue weighted by atomic mass is 10.2. The van der Waals surface area contributed by atoms with Crippen LogP contribution in [0.1, 0.15) is 12.8 Å². The summed E-state index contributed by atoms with van der Waals surface area (Å²) in [6.07, 6.45) is 6.25. The largest absolute Gasteiger partial charge is 0.295 e. The predicted molar refractivity (Wildman–Crippen MR) is 38.3 cm³/mol. The summed E-state index contributed by atoms with van der Waals surface area (Å²) in [4.78, 5) is 20.9. The standard InChI is InChI=1S/C8H8O2/c1-3-7(9)5-6-8(10)4-2/h1,4H,2,5-6H2. The first kappa shape index (κ1) is 8.64. The van der Waals surface area contributed by atoms with Crippen molar-refractivity contribution in [2.24, 2.45) is 0 Å². The molecule has 0 aromatic rings. The topological polar surface area (TPSA) is 34.1 Å². The highest BCUT2D eigenvalue weighted by Gasteiger charge is 1.99. The Morgan fingerprint density at radius 3 is 2.50 bits per heavy atom. The summed E-state index contributed by atoms with van der Waals surface area (Å²) in [6.45, 7) is 3.25. The number of hydrogen-bond acceptors (Lipinski definition) is 2. The molecule has 0 aliphatic rings. The van der Waals surface area contributed by atoms with E-state index in [1.807, 2.05) is 5.92 Å². The fraction of sp³-hybridized carbons (Fsp3) is 0.250. The molecule has 0 aromatic carbocycles. The summed E-state index contributed by atoms with van der Waals surface area (Å²) >= 11 is 0. The molecule has 10 heavy (non-hydrogen) atoms. The van der Waals surface area contributed by atoms with Gasteiger partial charge in [-0.1, -0.05) is 6.58 Å². The number of ketones is 2. The second-order valence-electron chi connectivity index (χ2n) is 1.74. The minimum absolute atomic E-state index is 0.126. The maximum absolute atomic E-state index is 10.5. The van der Waals surface area contributed by atoms with E-state index in [1.165, 1.54) is 6.08 Å². The molecule has 0 saturated carbocycles. The molecular weight excluding hydrogens is 128 g/mol. The van der Waals surface area contributed by atoms with E-state index in [0.717, 1.165) is 0 Å². The van der Waals surface area contributed by atoms with Gasteiger partial charge in [0.25, 0.3) is 0 Å². The SMILES string of the molecule is C#CC(=O)CCC(=O)C=C. The number of carbonyl (C=O) groups excluding carboxylic acids is 2. The average Bonchev–Trinajstić information content (AvgIpc) is 1.99. The van der Waals surface area contributed by atoms with Crippen LogP contribution in [0.15, 0.2) is 12.7 Å². The average molecular weight is 136 g/mol. The summed E-state index contributed by atoms with van der Waals surface area (Å²) in [5.41, 5.74) is 0. The quantitative estimate of drug-likeness (QED) is 0.324. The summed E-state index contributed by atoms with van der Waals surface area (Å²) in [5.74, 6) is 1.43. The second kappa shape index (κ2) is 4.51. The van der Waals surface area contributed by atoms with Gasteiger partial charge in [-0.15, -0.1) is 6.42 Å². The minimum atomic E-state index is -0.338. The van der Waals surface area contributed by atoms with Crippen molar-refractivity contribution in [1.29, 1.82) is 0 Å². The first-order valence-corrected chi connectivity index (χ1v) is 2.85. The molecule has 52 valence electrons. The van der Waals surface area contributed by atoms with Crippen molar-refractivity contribution in [1.82, 2.24) is 0 Å². The Morgan fingerprint density at radius 1 is 1.50 bits per heavy atom. The second-order valence-corrected chi connectivity index (χ2v) is 1.74. The molecule has 0 atom stereocenters. The molecule has 0 saturated heterocycles. The number of Topliss-reactive ketones (excluding diaryl/α,β-unsaturated/α-hetero) is 1. The van der Waals surface area contributed by atoms with Crippen LogP contribution in [0.25, 0.3) is 0 Å². The van der Waals surface area contributed by atoms with Crippen molar-refractivity contribution in [3.63, 3.8) is 0 Å². The van der Waals surface area contributed by atoms with Crippen molar-refractivity contribution in [3.05, 3.63) is 12.7 Å². The van der Waals surface area contributed by atoms with E-state index in [-0.39, 0.29) is 24.4 Å². The maximum Gasteiger partial charge on any atom is 0.205 e. The minimum Gasteiger partial charge on any atom is -0.295 e. The molecule has 0 aromatic heterocycles. The lowest BCUT2D eigenvalue weighted by molar-refractivity contribution is -0.119. The van der Waals surface area contributed by atoms with Crippen LogP contribution in [-0.2, 0) is 9.59 Å². The fourth-order valence-electron chi connectivity index (χ4n) is 0.411. The van der Waals surface area contributed by atoms with Crippen LogP contribution in [0.5, 0.6) is 0 Å². The summed E-state index contributed by atoms with van der Waals surface area (Å²) in [6, 6.07) is 0. The van der Waals surface area contributed by atoms with Crippen LogP contribution in [0.4, 0.5) is 0 Å². The molecule has 2 nitrogen and oxygen atoms in total. The number of hydrogen-bond donors (Lipinski definition) is 0. The smallest absolute Gasteiger partial charge is 0.205 e. The third-order valence-electron chi connectivity index (χ3n) is 0.987. The summed E-state index contributed by atoms with van der Waals surface area (Å²) in [7, 11) is 0. The van der Waals surface area contributed by atoms with Gasteiger partial charge in [0, 0.05) is 12.8 Å². The highest BCUT2D eigenvalue weighted by atomic mass is 16.1. The molecule has 0 spiro atoms. The van der Waals surface area contributed by atoms with Gasteiger partial charge in [-0.05, 0) is 12.0 Å². The molecule has 0 N–H and O–H groups in total. The predicted octanol–water partition coefficient (Wildman–Crippen LogP) is 0.724. The van der Waals surface area contributed by atoms with Crippen LogP contribution in [0, 0.1) is 12.3 Å². The van der Waals surface area contributed by atoms with E-state index in [1.54, 1.807) is 0 Å². The first-order chi connectivity index (χ1) is 4.70. The Balaban J connectivity index is 3.57. The Bertz CT molecular complexity index is 196. The molecular formula is C8H8O2. The van der Waals surface area contributed by atoms with E-state index in [2.05, 4.69) is 6.58 Å². The van der Waals surface area contributed by atoms with Gasteiger partial charge >= 0.3 is 0 Å². The molecule has 0 amide bonds. The Morgan fingerprint density at radius 2 is 2.10 bits per heavy atom. The molecule has 0 aliphatic heterocycles. The van der Waals surface area contributed by atoms with Crippen LogP contribution >= 0.6 is 0 Å². The van der Waals surface area contributed by atoms with Crippen molar-refractivity contribution >= 4 is 11.6 Å². The fourth-order valence-corrected chi connectivity index (χ4v) is 0.411. The van der Waals surface area contributed by atoms with Crippen LogP contribution in [-0.4, -0.2) is 11.6 Å². The molecule has 2 heteroatoms. The maximum atomic E-state index is 10.5. The summed E-state index contributed by atoms with van der Waals surface area (Å²) in [5, 5.41) is 0. The Kier molecular flexibility index (Phi) is 3.90. The van der Waals surface area contributed by atoms with E-state index >= 15 is 0 Å². The van der Waals surface area contributed by atoms with Gasteiger partial charge in [-0.3, -0.25) is 9.59 Å². The number of allylic oxidation sites excluding steroid dienone is 1. The van der Waals surface area contributed by atoms with E-state index in [4.69, 9.17) is 6.42 Å². The lowest BCUT2D eigenvalue weighted by Gasteiger charge is -1.87. The van der Waals surface area contributed by atoms with Crippen LogP contribution in [0.3, 0.4) is 0 Å². The van der Waals surface area contributed by atoms with Gasteiger partial charge in [0.1, 0.15) is 0 Å². The van der Waals surface area contributed by atoms with Crippen molar-refractivity contribution in [2.75, 3.05) is 0 Å². The molecule has 0 rings (SSSR count). The monoisotopic (exact) mass is 136 g/mol. The van der Waals surface area contributed by atoms with Gasteiger partial charge < -0.3 is 0 Å². The summed E-state index contributed by atoms with van der Waals surface area (Å²) < 4.78 is 0. The normalized spacial score (nSPS) is 7.90. The van der Waals surface area contributed by atoms with Crippen LogP contribution in [0.2, 0.25) is 0 Å². The van der Waals surface area contributed by atoms with Crippen molar-refractivity contribution in [3.8, 4) is 12.3 Å². The van der Waals surface area contributed by atoms with E-state index in [0.29, 0.717) is 0 Å². The van der Waals surface area contributed by atoms with Gasteiger partial charge in [0.2, 0.25) is 5.78 Å². The Hall–Kier alpha value is -1.36. The molecule has 0 bridgehead atoms. The van der Waals surface area contributed by atoms with Gasteiger partial charge in [-0.25, -0.2) is 0 Å². The zero-order chi connectivity index (χ0) is 7.98. The zero-order valence-corrected chi connectivity index (χ0v) is 5.59. The van der Waals surface area contributed by atoms with Crippen molar-refractivity contribution in [2.45, 2.75) is 12.8 Å². The number of terminal acetylenes is 1. The third kappa shape index (κ3) is 3.62. The van der Waals surface area contributed by atoms with E-state index < -0.39 is 0 Å². The Labute approximate surface area is 59.9 Å². The molecule has 0 radical (unpaired) electrons. The number of carbonyl (C=O) groups is 2. The molecule has 0 heterocycles. The highest BCUT2D eigenvalue weighted by Crippen LogP contribution is 1.91. The van der Waals surface area contributed by atoms with Gasteiger partial charge in [0.05, 0.1) is 0 Å². The van der Waals surface area contributed by atoms with Gasteiger partial charge in [-0.2, -0.15) is 0 Å². The highest BCUT2D eigenvalue weighted by molar-refractivity contribution is 5.98. The number of rotatable bonds is 4. The van der Waals surface area contributed by atoms with Crippen LogP contribution < -0.4 is 0 Å². The molecule has 0 aliphatic carbocycles. The third-order valence-corrected chi connectivity index (χ3v) is 0.987. The lowest BCUT2D eigenvalue weighted by Crippen LogP contribution is -1.98.